The van der Waals surface area contributed by atoms with Gasteiger partial charge in [-0.2, -0.15) is 0 Å². The van der Waals surface area contributed by atoms with E-state index < -0.39 is 11.9 Å². The minimum Gasteiger partial charge on any atom is -0.495 e. The summed E-state index contributed by atoms with van der Waals surface area (Å²) in [5, 5.41) is 15.6. The number of nitrogen functional groups attached to an aromatic ring is 1. The van der Waals surface area contributed by atoms with E-state index >= 15 is 0 Å². The maximum Gasteiger partial charge on any atom is 0.328 e. The Bertz CT molecular complexity index is 1420. The standard InChI is InChI=1S/C28H30FN3O3.C4H4O4/c1-35-26-5-3-2-4-25(26)32(28(34)22-8-12-24(30)13-9-22)19-18-31-16-14-21(15-17-31)27(33)20-6-10-23(29)11-7-20;5-3(6)1-2-4(7)8/h2-13,21H,14-19,30H2,1H3;1-2H,(H,5,6)(H,7,8)/b;2-1+. The Morgan fingerprint density at radius 2 is 1.47 bits per heavy atom. The number of ketones is 1. The van der Waals surface area contributed by atoms with Crippen molar-refractivity contribution in [2.45, 2.75) is 12.8 Å². The van der Waals surface area contributed by atoms with Crippen LogP contribution in [0.5, 0.6) is 5.75 Å². The predicted molar refractivity (Wildman–Crippen MR) is 160 cm³/mol. The molecule has 10 nitrogen and oxygen atoms in total. The molecule has 0 radical (unpaired) electrons. The molecule has 0 aliphatic carbocycles. The molecule has 0 aromatic heterocycles. The number of rotatable bonds is 10. The zero-order chi connectivity index (χ0) is 31.4. The summed E-state index contributed by atoms with van der Waals surface area (Å²) in [7, 11) is 1.59. The predicted octanol–water partition coefficient (Wildman–Crippen LogP) is 4.37. The van der Waals surface area contributed by atoms with Crippen molar-refractivity contribution in [3.05, 3.63) is 102 Å². The highest BCUT2D eigenvalue weighted by Crippen LogP contribution is 2.29. The molecular formula is C32H34FN3O7. The molecular weight excluding hydrogens is 557 g/mol. The number of carbonyl (C=O) groups is 4. The van der Waals surface area contributed by atoms with Crippen LogP contribution in [0.3, 0.4) is 0 Å². The van der Waals surface area contributed by atoms with Crippen LogP contribution in [0.4, 0.5) is 15.8 Å². The largest absolute Gasteiger partial charge is 0.495 e. The highest BCUT2D eigenvalue weighted by molar-refractivity contribution is 6.07. The lowest BCUT2D eigenvalue weighted by Gasteiger charge is -2.33. The first-order chi connectivity index (χ1) is 20.6. The minimum absolute atomic E-state index is 0.0684. The number of carboxylic acids is 2. The van der Waals surface area contributed by atoms with Crippen molar-refractivity contribution in [3.8, 4) is 5.75 Å². The lowest BCUT2D eigenvalue weighted by Crippen LogP contribution is -2.43. The van der Waals surface area contributed by atoms with Gasteiger partial charge < -0.3 is 30.5 Å². The number of likely N-dealkylation sites (tertiary alicyclic amines) is 1. The number of aliphatic carboxylic acids is 2. The van der Waals surface area contributed by atoms with Crippen molar-refractivity contribution in [2.75, 3.05) is 43.9 Å². The Morgan fingerprint density at radius 3 is 2.02 bits per heavy atom. The number of hydrogen-bond acceptors (Lipinski definition) is 7. The Labute approximate surface area is 248 Å². The summed E-state index contributed by atoms with van der Waals surface area (Å²) >= 11 is 0. The van der Waals surface area contributed by atoms with Gasteiger partial charge >= 0.3 is 11.9 Å². The number of nitrogens with two attached hydrogens (primary N) is 1. The highest BCUT2D eigenvalue weighted by atomic mass is 19.1. The number of anilines is 2. The number of benzene rings is 3. The van der Waals surface area contributed by atoms with Crippen molar-refractivity contribution in [1.82, 2.24) is 4.90 Å². The van der Waals surface area contributed by atoms with Crippen molar-refractivity contribution in [2.24, 2.45) is 5.92 Å². The maximum atomic E-state index is 13.5. The second-order valence-corrected chi connectivity index (χ2v) is 9.75. The Hall–Kier alpha value is -5.03. The van der Waals surface area contributed by atoms with Gasteiger partial charge in [0, 0.05) is 48.0 Å². The smallest absolute Gasteiger partial charge is 0.328 e. The summed E-state index contributed by atoms with van der Waals surface area (Å²) in [6.45, 7) is 2.65. The molecule has 1 saturated heterocycles. The van der Waals surface area contributed by atoms with E-state index in [4.69, 9.17) is 20.7 Å². The fraction of sp³-hybridized carbons (Fsp3) is 0.250. The Morgan fingerprint density at radius 1 is 0.907 bits per heavy atom. The molecule has 1 aliphatic heterocycles. The third-order valence-corrected chi connectivity index (χ3v) is 6.87. The summed E-state index contributed by atoms with van der Waals surface area (Å²) in [5.74, 6) is -2.36. The zero-order valence-corrected chi connectivity index (χ0v) is 23.7. The van der Waals surface area contributed by atoms with Crippen LogP contribution in [-0.2, 0) is 9.59 Å². The lowest BCUT2D eigenvalue weighted by atomic mass is 9.89. The van der Waals surface area contributed by atoms with Crippen LogP contribution in [0, 0.1) is 11.7 Å². The average molecular weight is 592 g/mol. The van der Waals surface area contributed by atoms with Crippen molar-refractivity contribution >= 4 is 35.0 Å². The van der Waals surface area contributed by atoms with E-state index in [0.29, 0.717) is 53.5 Å². The van der Waals surface area contributed by atoms with Crippen molar-refractivity contribution < 1.29 is 38.5 Å². The number of amides is 1. The van der Waals surface area contributed by atoms with Gasteiger partial charge in [0.15, 0.2) is 5.78 Å². The van der Waals surface area contributed by atoms with E-state index in [1.54, 1.807) is 48.4 Å². The monoisotopic (exact) mass is 591 g/mol. The van der Waals surface area contributed by atoms with Gasteiger partial charge in [-0.15, -0.1) is 0 Å². The molecule has 1 aliphatic rings. The van der Waals surface area contributed by atoms with Gasteiger partial charge in [-0.1, -0.05) is 12.1 Å². The van der Waals surface area contributed by atoms with Crippen LogP contribution < -0.4 is 15.4 Å². The van der Waals surface area contributed by atoms with E-state index in [9.17, 15) is 23.6 Å². The van der Waals surface area contributed by atoms with Gasteiger partial charge in [0.05, 0.1) is 12.8 Å². The maximum absolute atomic E-state index is 13.5. The molecule has 3 aromatic rings. The van der Waals surface area contributed by atoms with Gasteiger partial charge in [-0.05, 0) is 86.6 Å². The first-order valence-electron chi connectivity index (χ1n) is 13.6. The van der Waals surface area contributed by atoms with E-state index in [1.807, 2.05) is 24.3 Å². The number of Topliss-reactive ketones (excluding diaryl/α,β-unsaturated/α-hetero) is 1. The number of methoxy groups -OCH3 is 1. The number of carbonyl (C=O) groups excluding carboxylic acids is 2. The van der Waals surface area contributed by atoms with Crippen LogP contribution in [0.2, 0.25) is 0 Å². The molecule has 0 saturated carbocycles. The van der Waals surface area contributed by atoms with Gasteiger partial charge in [-0.3, -0.25) is 9.59 Å². The molecule has 1 amide bonds. The van der Waals surface area contributed by atoms with E-state index in [-0.39, 0.29) is 23.4 Å². The van der Waals surface area contributed by atoms with Crippen LogP contribution >= 0.6 is 0 Å². The second-order valence-electron chi connectivity index (χ2n) is 9.75. The van der Waals surface area contributed by atoms with Gasteiger partial charge in [0.2, 0.25) is 0 Å². The fourth-order valence-corrected chi connectivity index (χ4v) is 4.62. The molecule has 3 aromatic carbocycles. The lowest BCUT2D eigenvalue weighted by molar-refractivity contribution is -0.134. The molecule has 0 unspecified atom stereocenters. The molecule has 11 heteroatoms. The molecule has 0 atom stereocenters. The molecule has 1 fully saturated rings. The number of nitrogens with zero attached hydrogens (tertiary/aromatic N) is 2. The fourth-order valence-electron chi connectivity index (χ4n) is 4.62. The van der Waals surface area contributed by atoms with Crippen molar-refractivity contribution in [3.63, 3.8) is 0 Å². The summed E-state index contributed by atoms with van der Waals surface area (Å²) in [6, 6.07) is 20.1. The second kappa shape index (κ2) is 15.8. The van der Waals surface area contributed by atoms with Gasteiger partial charge in [-0.25, -0.2) is 14.0 Å². The van der Waals surface area contributed by atoms with Crippen LogP contribution in [0.25, 0.3) is 0 Å². The summed E-state index contributed by atoms with van der Waals surface area (Å²) in [5.41, 5.74) is 8.21. The highest BCUT2D eigenvalue weighted by Gasteiger charge is 2.27. The van der Waals surface area contributed by atoms with Gasteiger partial charge in [0.1, 0.15) is 11.6 Å². The van der Waals surface area contributed by atoms with Crippen LogP contribution in [-0.4, -0.2) is 72.0 Å². The molecule has 0 spiro atoms. The normalized spacial score (nSPS) is 13.5. The average Bonchev–Trinajstić information content (AvgIpc) is 3.01. The minimum atomic E-state index is -1.26. The van der Waals surface area contributed by atoms with Crippen LogP contribution in [0.15, 0.2) is 84.9 Å². The zero-order valence-electron chi connectivity index (χ0n) is 23.7. The quantitative estimate of drug-likeness (QED) is 0.177. The summed E-state index contributed by atoms with van der Waals surface area (Å²) in [4.78, 5) is 49.4. The van der Waals surface area contributed by atoms with E-state index in [1.165, 1.54) is 12.1 Å². The molecule has 1 heterocycles. The molecule has 4 N–H and O–H groups in total. The number of para-hydroxylation sites is 2. The van der Waals surface area contributed by atoms with E-state index in [0.717, 1.165) is 25.9 Å². The number of hydrogen-bond donors (Lipinski definition) is 3. The number of piperidine rings is 1. The summed E-state index contributed by atoms with van der Waals surface area (Å²) in [6.07, 6.45) is 2.58. The molecule has 0 bridgehead atoms. The third-order valence-electron chi connectivity index (χ3n) is 6.87. The molecule has 43 heavy (non-hydrogen) atoms. The third kappa shape index (κ3) is 9.79. The van der Waals surface area contributed by atoms with Gasteiger partial charge in [0.25, 0.3) is 5.91 Å². The number of halogens is 1. The molecule has 4 rings (SSSR count). The van der Waals surface area contributed by atoms with Crippen molar-refractivity contribution in [1.29, 1.82) is 0 Å². The number of ether oxygens (including phenoxy) is 1. The molecule has 226 valence electrons. The summed E-state index contributed by atoms with van der Waals surface area (Å²) < 4.78 is 18.7. The number of carboxylic acid groups (broad SMARTS) is 2. The Kier molecular flexibility index (Phi) is 12.0. The SMILES string of the molecule is COc1ccccc1N(CCN1CCC(C(=O)c2ccc(F)cc2)CC1)C(=O)c1ccc(N)cc1.O=C(O)/C=C/C(=O)O. The van der Waals surface area contributed by atoms with Crippen LogP contribution in [0.1, 0.15) is 33.6 Å². The topological polar surface area (TPSA) is 150 Å². The first kappa shape index (κ1) is 32.5. The Balaban J connectivity index is 0.000000557. The van der Waals surface area contributed by atoms with E-state index in [2.05, 4.69) is 4.90 Å². The first-order valence-corrected chi connectivity index (χ1v) is 13.6.